The van der Waals surface area contributed by atoms with Crippen LogP contribution in [0.3, 0.4) is 0 Å². The standard InChI is InChI=1S/C15H22N4S2/c1-15(2,3)13-16-17-14(21-13)19-8-6-18(7-9-19)11-12-5-4-10-20-12/h4-5,10H,6-9,11H2,1-3H3. The zero-order chi connectivity index (χ0) is 14.9. The van der Waals surface area contributed by atoms with Gasteiger partial charge in [-0.05, 0) is 11.4 Å². The molecule has 1 saturated heterocycles. The average molecular weight is 323 g/mol. The van der Waals surface area contributed by atoms with Crippen molar-refractivity contribution in [2.24, 2.45) is 0 Å². The zero-order valence-corrected chi connectivity index (χ0v) is 14.5. The van der Waals surface area contributed by atoms with Crippen molar-refractivity contribution in [3.63, 3.8) is 0 Å². The van der Waals surface area contributed by atoms with E-state index in [4.69, 9.17) is 0 Å². The molecule has 6 heteroatoms. The van der Waals surface area contributed by atoms with E-state index in [1.807, 2.05) is 11.3 Å². The Labute approximate surface area is 134 Å². The van der Waals surface area contributed by atoms with Crippen molar-refractivity contribution in [1.82, 2.24) is 15.1 Å². The van der Waals surface area contributed by atoms with E-state index in [0.29, 0.717) is 0 Å². The summed E-state index contributed by atoms with van der Waals surface area (Å²) in [5.41, 5.74) is 0.0942. The van der Waals surface area contributed by atoms with Crippen molar-refractivity contribution in [3.05, 3.63) is 27.4 Å². The summed E-state index contributed by atoms with van der Waals surface area (Å²) >= 11 is 3.58. The fourth-order valence-electron chi connectivity index (χ4n) is 2.37. The molecule has 1 aliphatic rings. The largest absolute Gasteiger partial charge is 0.344 e. The fourth-order valence-corrected chi connectivity index (χ4v) is 4.07. The smallest absolute Gasteiger partial charge is 0.208 e. The first-order chi connectivity index (χ1) is 10.0. The van der Waals surface area contributed by atoms with Gasteiger partial charge in [0, 0.05) is 43.0 Å². The Kier molecular flexibility index (Phi) is 4.28. The molecule has 1 aliphatic heterocycles. The third-order valence-electron chi connectivity index (χ3n) is 3.66. The van der Waals surface area contributed by atoms with Gasteiger partial charge >= 0.3 is 0 Å². The number of piperazine rings is 1. The maximum Gasteiger partial charge on any atom is 0.208 e. The summed E-state index contributed by atoms with van der Waals surface area (Å²) in [6.45, 7) is 11.9. The third kappa shape index (κ3) is 3.62. The Bertz CT molecular complexity index is 563. The molecule has 4 nitrogen and oxygen atoms in total. The van der Waals surface area contributed by atoms with Crippen LogP contribution in [-0.4, -0.2) is 41.3 Å². The Morgan fingerprint density at radius 1 is 1.14 bits per heavy atom. The summed E-state index contributed by atoms with van der Waals surface area (Å²) in [4.78, 5) is 6.35. The summed E-state index contributed by atoms with van der Waals surface area (Å²) < 4.78 is 0. The molecule has 1 fully saturated rings. The molecule has 0 bridgehead atoms. The van der Waals surface area contributed by atoms with E-state index in [2.05, 4.69) is 58.3 Å². The molecular formula is C15H22N4S2. The third-order valence-corrected chi connectivity index (χ3v) is 5.93. The molecule has 0 saturated carbocycles. The molecular weight excluding hydrogens is 300 g/mol. The molecule has 3 heterocycles. The van der Waals surface area contributed by atoms with Crippen molar-refractivity contribution in [2.75, 3.05) is 31.1 Å². The second-order valence-corrected chi connectivity index (χ2v) is 8.47. The predicted octanol–water partition coefficient (Wildman–Crippen LogP) is 3.22. The minimum atomic E-state index is 0.0942. The van der Waals surface area contributed by atoms with E-state index in [9.17, 15) is 0 Å². The lowest BCUT2D eigenvalue weighted by Gasteiger charge is -2.34. The van der Waals surface area contributed by atoms with Gasteiger partial charge in [-0.15, -0.1) is 21.5 Å². The Balaban J connectivity index is 1.57. The van der Waals surface area contributed by atoms with Crippen LogP contribution in [-0.2, 0) is 12.0 Å². The first kappa shape index (κ1) is 14.9. The van der Waals surface area contributed by atoms with Crippen LogP contribution in [0.2, 0.25) is 0 Å². The minimum Gasteiger partial charge on any atom is -0.344 e. The van der Waals surface area contributed by atoms with Gasteiger partial charge in [-0.3, -0.25) is 4.90 Å². The van der Waals surface area contributed by atoms with Crippen LogP contribution in [0, 0.1) is 0 Å². The van der Waals surface area contributed by atoms with Crippen LogP contribution in [0.1, 0.15) is 30.7 Å². The van der Waals surface area contributed by atoms with Gasteiger partial charge in [-0.25, -0.2) is 0 Å². The molecule has 0 atom stereocenters. The number of anilines is 1. The molecule has 114 valence electrons. The minimum absolute atomic E-state index is 0.0942. The maximum absolute atomic E-state index is 4.39. The molecule has 0 radical (unpaired) electrons. The van der Waals surface area contributed by atoms with E-state index >= 15 is 0 Å². The quantitative estimate of drug-likeness (QED) is 0.868. The Morgan fingerprint density at radius 3 is 2.48 bits per heavy atom. The highest BCUT2D eigenvalue weighted by atomic mass is 32.1. The summed E-state index contributed by atoms with van der Waals surface area (Å²) in [5, 5.41) is 13.1. The average Bonchev–Trinajstić information content (AvgIpc) is 3.09. The van der Waals surface area contributed by atoms with Gasteiger partial charge in [0.15, 0.2) is 0 Å². The number of hydrogen-bond acceptors (Lipinski definition) is 6. The predicted molar refractivity (Wildman–Crippen MR) is 90.4 cm³/mol. The zero-order valence-electron chi connectivity index (χ0n) is 12.9. The molecule has 0 amide bonds. The molecule has 2 aromatic heterocycles. The van der Waals surface area contributed by atoms with E-state index in [-0.39, 0.29) is 5.41 Å². The number of thiophene rings is 1. The fraction of sp³-hybridized carbons (Fsp3) is 0.600. The molecule has 0 aliphatic carbocycles. The lowest BCUT2D eigenvalue weighted by molar-refractivity contribution is 0.252. The molecule has 21 heavy (non-hydrogen) atoms. The van der Waals surface area contributed by atoms with E-state index < -0.39 is 0 Å². The number of rotatable bonds is 3. The van der Waals surface area contributed by atoms with Crippen LogP contribution in [0.5, 0.6) is 0 Å². The van der Waals surface area contributed by atoms with Crippen molar-refractivity contribution in [1.29, 1.82) is 0 Å². The molecule has 0 aromatic carbocycles. The normalized spacial score (nSPS) is 17.4. The summed E-state index contributed by atoms with van der Waals surface area (Å²) in [5.74, 6) is 0. The van der Waals surface area contributed by atoms with Gasteiger partial charge < -0.3 is 4.90 Å². The number of hydrogen-bond donors (Lipinski definition) is 0. The molecule has 2 aromatic rings. The van der Waals surface area contributed by atoms with Crippen molar-refractivity contribution in [2.45, 2.75) is 32.7 Å². The Hall–Kier alpha value is -0.980. The second kappa shape index (κ2) is 6.02. The first-order valence-electron chi connectivity index (χ1n) is 7.36. The Morgan fingerprint density at radius 2 is 1.90 bits per heavy atom. The molecule has 0 N–H and O–H groups in total. The number of aromatic nitrogens is 2. The van der Waals surface area contributed by atoms with Gasteiger partial charge in [0.1, 0.15) is 5.01 Å². The molecule has 0 spiro atoms. The topological polar surface area (TPSA) is 32.3 Å². The SMILES string of the molecule is CC(C)(C)c1nnc(N2CCN(Cc3cccs3)CC2)s1. The van der Waals surface area contributed by atoms with Gasteiger partial charge in [0.05, 0.1) is 0 Å². The van der Waals surface area contributed by atoms with Crippen molar-refractivity contribution in [3.8, 4) is 0 Å². The van der Waals surface area contributed by atoms with Crippen LogP contribution in [0.25, 0.3) is 0 Å². The summed E-state index contributed by atoms with van der Waals surface area (Å²) in [6, 6.07) is 4.35. The number of nitrogens with zero attached hydrogens (tertiary/aromatic N) is 4. The van der Waals surface area contributed by atoms with Crippen LogP contribution < -0.4 is 4.90 Å². The van der Waals surface area contributed by atoms with E-state index in [1.54, 1.807) is 11.3 Å². The lowest BCUT2D eigenvalue weighted by Crippen LogP contribution is -2.45. The highest BCUT2D eigenvalue weighted by Gasteiger charge is 2.24. The molecule has 3 rings (SSSR count). The van der Waals surface area contributed by atoms with Crippen LogP contribution in [0.4, 0.5) is 5.13 Å². The van der Waals surface area contributed by atoms with Crippen molar-refractivity contribution < 1.29 is 0 Å². The van der Waals surface area contributed by atoms with Gasteiger partial charge in [0.25, 0.3) is 0 Å². The van der Waals surface area contributed by atoms with Crippen LogP contribution in [0.15, 0.2) is 17.5 Å². The van der Waals surface area contributed by atoms with E-state index in [1.165, 1.54) is 4.88 Å². The molecule has 0 unspecified atom stereocenters. The lowest BCUT2D eigenvalue weighted by atomic mass is 9.98. The van der Waals surface area contributed by atoms with Crippen LogP contribution >= 0.6 is 22.7 Å². The maximum atomic E-state index is 4.39. The highest BCUT2D eigenvalue weighted by molar-refractivity contribution is 7.15. The van der Waals surface area contributed by atoms with Crippen molar-refractivity contribution >= 4 is 27.8 Å². The van der Waals surface area contributed by atoms with Gasteiger partial charge in [-0.2, -0.15) is 0 Å². The van der Waals surface area contributed by atoms with Gasteiger partial charge in [0.2, 0.25) is 5.13 Å². The van der Waals surface area contributed by atoms with E-state index in [0.717, 1.165) is 42.9 Å². The second-order valence-electron chi connectivity index (χ2n) is 6.48. The highest BCUT2D eigenvalue weighted by Crippen LogP contribution is 2.30. The summed E-state index contributed by atoms with van der Waals surface area (Å²) in [6.07, 6.45) is 0. The first-order valence-corrected chi connectivity index (χ1v) is 9.06. The van der Waals surface area contributed by atoms with Gasteiger partial charge in [-0.1, -0.05) is 38.2 Å². The monoisotopic (exact) mass is 322 g/mol. The summed E-state index contributed by atoms with van der Waals surface area (Å²) in [7, 11) is 0.